The smallest absolute Gasteiger partial charge is 0.170 e. The van der Waals surface area contributed by atoms with Gasteiger partial charge in [-0.3, -0.25) is 0 Å². The summed E-state index contributed by atoms with van der Waals surface area (Å²) in [5.74, 6) is 0.154. The summed E-state index contributed by atoms with van der Waals surface area (Å²) < 4.78 is 14.6. The molecule has 0 aromatic carbocycles. The fraction of sp³-hybridized carbons (Fsp3) is 0.438. The molecule has 0 radical (unpaired) electrons. The SMILES string of the molecule is CN(Cc1ccsc1)c1nccc(CNC(C)(C)C)c1F. The van der Waals surface area contributed by atoms with E-state index in [4.69, 9.17) is 0 Å². The quantitative estimate of drug-likeness (QED) is 0.910. The molecule has 0 aliphatic carbocycles. The van der Waals surface area contributed by atoms with Crippen molar-refractivity contribution in [1.29, 1.82) is 0 Å². The predicted octanol–water partition coefficient (Wildman–Crippen LogP) is 3.81. The molecule has 21 heavy (non-hydrogen) atoms. The minimum Gasteiger partial charge on any atom is -0.353 e. The van der Waals surface area contributed by atoms with Gasteiger partial charge in [0.1, 0.15) is 0 Å². The van der Waals surface area contributed by atoms with Crippen LogP contribution in [0.25, 0.3) is 0 Å². The van der Waals surface area contributed by atoms with E-state index < -0.39 is 0 Å². The maximum atomic E-state index is 14.6. The Morgan fingerprint density at radius 3 is 2.71 bits per heavy atom. The van der Waals surface area contributed by atoms with E-state index in [-0.39, 0.29) is 11.4 Å². The van der Waals surface area contributed by atoms with Crippen molar-refractivity contribution in [3.63, 3.8) is 0 Å². The third-order valence-electron chi connectivity index (χ3n) is 3.12. The molecule has 0 amide bonds. The largest absolute Gasteiger partial charge is 0.353 e. The summed E-state index contributed by atoms with van der Waals surface area (Å²) in [5.41, 5.74) is 1.77. The van der Waals surface area contributed by atoms with Crippen molar-refractivity contribution in [2.45, 2.75) is 39.4 Å². The number of thiophene rings is 1. The molecule has 0 aliphatic rings. The molecule has 0 bridgehead atoms. The molecule has 0 saturated carbocycles. The highest BCUT2D eigenvalue weighted by atomic mass is 32.1. The molecule has 0 aliphatic heterocycles. The first-order valence-corrected chi connectivity index (χ1v) is 7.92. The highest BCUT2D eigenvalue weighted by molar-refractivity contribution is 7.07. The predicted molar refractivity (Wildman–Crippen MR) is 87.2 cm³/mol. The Morgan fingerprint density at radius 2 is 2.10 bits per heavy atom. The molecule has 2 aromatic rings. The average molecular weight is 307 g/mol. The zero-order chi connectivity index (χ0) is 15.5. The molecule has 3 nitrogen and oxygen atoms in total. The van der Waals surface area contributed by atoms with E-state index in [1.54, 1.807) is 23.6 Å². The van der Waals surface area contributed by atoms with Crippen LogP contribution in [0.5, 0.6) is 0 Å². The molecule has 114 valence electrons. The van der Waals surface area contributed by atoms with E-state index in [0.717, 1.165) is 0 Å². The second kappa shape index (κ2) is 6.54. The Hall–Kier alpha value is -1.46. The van der Waals surface area contributed by atoms with Gasteiger partial charge < -0.3 is 10.2 Å². The van der Waals surface area contributed by atoms with Gasteiger partial charge >= 0.3 is 0 Å². The summed E-state index contributed by atoms with van der Waals surface area (Å²) in [6, 6.07) is 3.78. The molecule has 2 aromatic heterocycles. The van der Waals surface area contributed by atoms with Crippen molar-refractivity contribution in [3.05, 3.63) is 46.0 Å². The molecule has 0 saturated heterocycles. The van der Waals surface area contributed by atoms with Gasteiger partial charge in [-0.2, -0.15) is 11.3 Å². The lowest BCUT2D eigenvalue weighted by atomic mass is 10.1. The highest BCUT2D eigenvalue weighted by Crippen LogP contribution is 2.21. The Kier molecular flexibility index (Phi) is 4.96. The van der Waals surface area contributed by atoms with Gasteiger partial charge in [0, 0.05) is 37.4 Å². The van der Waals surface area contributed by atoms with E-state index in [2.05, 4.69) is 36.5 Å². The number of rotatable bonds is 5. The average Bonchev–Trinajstić information content (AvgIpc) is 2.89. The van der Waals surface area contributed by atoms with Crippen molar-refractivity contribution in [1.82, 2.24) is 10.3 Å². The number of nitrogens with one attached hydrogen (secondary N) is 1. The van der Waals surface area contributed by atoms with Crippen LogP contribution in [0.3, 0.4) is 0 Å². The molecule has 0 spiro atoms. The molecule has 0 fully saturated rings. The Bertz CT molecular complexity index is 576. The summed E-state index contributed by atoms with van der Waals surface area (Å²) in [6.07, 6.45) is 1.67. The van der Waals surface area contributed by atoms with Crippen LogP contribution < -0.4 is 10.2 Å². The molecule has 0 unspecified atom stereocenters. The standard InChI is InChI=1S/C16H22FN3S/c1-16(2,3)19-9-13-5-7-18-15(14(13)17)20(4)10-12-6-8-21-11-12/h5-8,11,19H,9-10H2,1-4H3. The monoisotopic (exact) mass is 307 g/mol. The molecular weight excluding hydrogens is 285 g/mol. The van der Waals surface area contributed by atoms with Crippen LogP contribution in [-0.2, 0) is 13.1 Å². The molecule has 0 atom stereocenters. The van der Waals surface area contributed by atoms with Gasteiger partial charge in [-0.1, -0.05) is 0 Å². The molecule has 2 rings (SSSR count). The van der Waals surface area contributed by atoms with Crippen LogP contribution in [0.15, 0.2) is 29.1 Å². The second-order valence-electron chi connectivity index (χ2n) is 6.20. The number of pyridine rings is 1. The number of anilines is 1. The number of aromatic nitrogens is 1. The second-order valence-corrected chi connectivity index (χ2v) is 6.98. The van der Waals surface area contributed by atoms with Crippen molar-refractivity contribution >= 4 is 17.2 Å². The Balaban J connectivity index is 2.13. The van der Waals surface area contributed by atoms with Gasteiger partial charge in [-0.25, -0.2) is 9.37 Å². The van der Waals surface area contributed by atoms with Crippen LogP contribution in [-0.4, -0.2) is 17.6 Å². The Morgan fingerprint density at radius 1 is 1.33 bits per heavy atom. The lowest BCUT2D eigenvalue weighted by Crippen LogP contribution is -2.35. The first-order chi connectivity index (χ1) is 9.87. The zero-order valence-electron chi connectivity index (χ0n) is 13.0. The van der Waals surface area contributed by atoms with Gasteiger partial charge in [0.05, 0.1) is 0 Å². The van der Waals surface area contributed by atoms with Crippen LogP contribution in [0.4, 0.5) is 10.2 Å². The van der Waals surface area contributed by atoms with Gasteiger partial charge in [-0.15, -0.1) is 0 Å². The first kappa shape index (κ1) is 15.9. The van der Waals surface area contributed by atoms with Gasteiger partial charge in [0.25, 0.3) is 0 Å². The van der Waals surface area contributed by atoms with Crippen molar-refractivity contribution < 1.29 is 4.39 Å². The third kappa shape index (κ3) is 4.51. The molecule has 2 heterocycles. The van der Waals surface area contributed by atoms with Crippen LogP contribution >= 0.6 is 11.3 Å². The van der Waals surface area contributed by atoms with Gasteiger partial charge in [-0.05, 0) is 49.2 Å². The Labute approximate surface area is 129 Å². The third-order valence-corrected chi connectivity index (χ3v) is 3.85. The van der Waals surface area contributed by atoms with Crippen molar-refractivity contribution in [3.8, 4) is 0 Å². The molecular formula is C16H22FN3S. The van der Waals surface area contributed by atoms with Crippen LogP contribution in [0.1, 0.15) is 31.9 Å². The van der Waals surface area contributed by atoms with Crippen LogP contribution in [0, 0.1) is 5.82 Å². The summed E-state index contributed by atoms with van der Waals surface area (Å²) in [4.78, 5) is 6.04. The van der Waals surface area contributed by atoms with E-state index >= 15 is 0 Å². The van der Waals surface area contributed by atoms with Crippen molar-refractivity contribution in [2.24, 2.45) is 0 Å². The minimum absolute atomic E-state index is 0.0432. The van der Waals surface area contributed by atoms with E-state index in [9.17, 15) is 4.39 Å². The molecule has 1 N–H and O–H groups in total. The number of nitrogens with zero attached hydrogens (tertiary/aromatic N) is 2. The fourth-order valence-corrected chi connectivity index (χ4v) is 2.63. The van der Waals surface area contributed by atoms with E-state index in [0.29, 0.717) is 24.5 Å². The van der Waals surface area contributed by atoms with E-state index in [1.165, 1.54) is 5.56 Å². The zero-order valence-corrected chi connectivity index (χ0v) is 13.8. The summed E-state index contributed by atoms with van der Waals surface area (Å²) >= 11 is 1.64. The summed E-state index contributed by atoms with van der Waals surface area (Å²) in [7, 11) is 1.87. The minimum atomic E-state index is -0.244. The lowest BCUT2D eigenvalue weighted by molar-refractivity contribution is 0.418. The topological polar surface area (TPSA) is 28.2 Å². The first-order valence-electron chi connectivity index (χ1n) is 6.97. The summed E-state index contributed by atoms with van der Waals surface area (Å²) in [6.45, 7) is 7.35. The normalized spacial score (nSPS) is 11.7. The van der Waals surface area contributed by atoms with Crippen LogP contribution in [0.2, 0.25) is 0 Å². The number of hydrogen-bond donors (Lipinski definition) is 1. The summed E-state index contributed by atoms with van der Waals surface area (Å²) in [5, 5.41) is 7.40. The number of halogens is 1. The maximum absolute atomic E-state index is 14.6. The van der Waals surface area contributed by atoms with E-state index in [1.807, 2.05) is 23.4 Å². The number of hydrogen-bond acceptors (Lipinski definition) is 4. The van der Waals surface area contributed by atoms with Gasteiger partial charge in [0.2, 0.25) is 0 Å². The lowest BCUT2D eigenvalue weighted by Gasteiger charge is -2.22. The maximum Gasteiger partial charge on any atom is 0.170 e. The van der Waals surface area contributed by atoms with Gasteiger partial charge in [0.15, 0.2) is 11.6 Å². The highest BCUT2D eigenvalue weighted by Gasteiger charge is 2.16. The molecule has 5 heteroatoms. The van der Waals surface area contributed by atoms with Crippen molar-refractivity contribution in [2.75, 3.05) is 11.9 Å². The fourth-order valence-electron chi connectivity index (χ4n) is 1.97.